The van der Waals surface area contributed by atoms with Crippen LogP contribution in [-0.4, -0.2) is 21.2 Å². The molecule has 0 saturated heterocycles. The van der Waals surface area contributed by atoms with Crippen molar-refractivity contribution in [2.24, 2.45) is 13.0 Å². The highest BCUT2D eigenvalue weighted by Crippen LogP contribution is 2.26. The minimum Gasteiger partial charge on any atom is -0.331 e. The fourth-order valence-corrected chi connectivity index (χ4v) is 2.85. The monoisotopic (exact) mass is 297 g/mol. The van der Waals surface area contributed by atoms with Crippen molar-refractivity contribution in [3.63, 3.8) is 0 Å². The summed E-state index contributed by atoms with van der Waals surface area (Å²) in [6.07, 6.45) is 7.56. The van der Waals surface area contributed by atoms with E-state index < -0.39 is 0 Å². The molecule has 22 heavy (non-hydrogen) atoms. The Morgan fingerprint density at radius 1 is 1.18 bits per heavy atom. The van der Waals surface area contributed by atoms with Crippen LogP contribution in [0.3, 0.4) is 0 Å². The van der Waals surface area contributed by atoms with Crippen LogP contribution in [0.15, 0.2) is 36.7 Å². The summed E-state index contributed by atoms with van der Waals surface area (Å²) in [4.78, 5) is 28.4. The summed E-state index contributed by atoms with van der Waals surface area (Å²) >= 11 is 0. The van der Waals surface area contributed by atoms with E-state index >= 15 is 0 Å². The molecule has 1 aromatic carbocycles. The van der Waals surface area contributed by atoms with Crippen molar-refractivity contribution in [1.29, 1.82) is 0 Å². The van der Waals surface area contributed by atoms with E-state index in [-0.39, 0.29) is 17.6 Å². The van der Waals surface area contributed by atoms with Gasteiger partial charge < -0.3 is 9.88 Å². The molecule has 0 bridgehead atoms. The molecule has 0 spiro atoms. The van der Waals surface area contributed by atoms with Crippen molar-refractivity contribution in [3.05, 3.63) is 48.0 Å². The van der Waals surface area contributed by atoms with Gasteiger partial charge in [0.15, 0.2) is 5.82 Å². The van der Waals surface area contributed by atoms with Gasteiger partial charge >= 0.3 is 0 Å². The summed E-state index contributed by atoms with van der Waals surface area (Å²) < 4.78 is 1.69. The Balaban J connectivity index is 1.69. The van der Waals surface area contributed by atoms with E-state index in [1.807, 2.05) is 0 Å². The average molecular weight is 297 g/mol. The lowest BCUT2D eigenvalue weighted by Crippen LogP contribution is -2.20. The molecule has 1 aliphatic rings. The van der Waals surface area contributed by atoms with Gasteiger partial charge in [-0.15, -0.1) is 0 Å². The number of carbonyl (C=O) groups is 2. The second-order valence-electron chi connectivity index (χ2n) is 5.74. The third kappa shape index (κ3) is 2.93. The Labute approximate surface area is 129 Å². The molecule has 0 aliphatic heterocycles. The number of aryl methyl sites for hydroxylation is 1. The van der Waals surface area contributed by atoms with Crippen molar-refractivity contribution in [2.45, 2.75) is 25.7 Å². The van der Waals surface area contributed by atoms with Gasteiger partial charge in [0.2, 0.25) is 11.7 Å². The first-order valence-electron chi connectivity index (χ1n) is 7.58. The Hall–Kier alpha value is -2.43. The SMILES string of the molecule is Cn1ccnc1C(=O)c1ccc(NC(=O)C2CCCC2)cc1. The number of nitrogens with one attached hydrogen (secondary N) is 1. The Morgan fingerprint density at radius 2 is 1.86 bits per heavy atom. The number of rotatable bonds is 4. The van der Waals surface area contributed by atoms with E-state index in [0.29, 0.717) is 11.4 Å². The number of amides is 1. The first kappa shape index (κ1) is 14.5. The van der Waals surface area contributed by atoms with Crippen LogP contribution in [0.5, 0.6) is 0 Å². The molecule has 1 aromatic heterocycles. The highest BCUT2D eigenvalue weighted by molar-refractivity contribution is 6.07. The van der Waals surface area contributed by atoms with Crippen molar-refractivity contribution < 1.29 is 9.59 Å². The lowest BCUT2D eigenvalue weighted by molar-refractivity contribution is -0.119. The van der Waals surface area contributed by atoms with Crippen LogP contribution in [0.25, 0.3) is 0 Å². The lowest BCUT2D eigenvalue weighted by atomic mass is 10.1. The third-order valence-electron chi connectivity index (χ3n) is 4.16. The molecule has 1 amide bonds. The van der Waals surface area contributed by atoms with Crippen molar-refractivity contribution in [1.82, 2.24) is 9.55 Å². The van der Waals surface area contributed by atoms with Gasteiger partial charge in [-0.1, -0.05) is 12.8 Å². The van der Waals surface area contributed by atoms with Gasteiger partial charge in [0.1, 0.15) is 0 Å². The van der Waals surface area contributed by atoms with Crippen molar-refractivity contribution >= 4 is 17.4 Å². The average Bonchev–Trinajstić information content (AvgIpc) is 3.18. The Morgan fingerprint density at radius 3 is 2.45 bits per heavy atom. The van der Waals surface area contributed by atoms with Gasteiger partial charge in [-0.25, -0.2) is 4.98 Å². The first-order valence-corrected chi connectivity index (χ1v) is 7.58. The van der Waals surface area contributed by atoms with E-state index in [2.05, 4.69) is 10.3 Å². The smallest absolute Gasteiger partial charge is 0.228 e. The number of imidazole rings is 1. The second-order valence-corrected chi connectivity index (χ2v) is 5.74. The quantitative estimate of drug-likeness (QED) is 0.883. The summed E-state index contributed by atoms with van der Waals surface area (Å²) in [7, 11) is 1.79. The zero-order valence-corrected chi connectivity index (χ0v) is 12.6. The number of ketones is 1. The molecule has 0 radical (unpaired) electrons. The predicted molar refractivity (Wildman–Crippen MR) is 83.7 cm³/mol. The van der Waals surface area contributed by atoms with Crippen LogP contribution in [0.1, 0.15) is 41.9 Å². The maximum atomic E-state index is 12.3. The highest BCUT2D eigenvalue weighted by atomic mass is 16.2. The number of benzene rings is 1. The summed E-state index contributed by atoms with van der Waals surface area (Å²) in [6.45, 7) is 0. The second kappa shape index (κ2) is 6.13. The van der Waals surface area contributed by atoms with Crippen LogP contribution in [-0.2, 0) is 11.8 Å². The van der Waals surface area contributed by atoms with Gasteiger partial charge in [-0.3, -0.25) is 9.59 Å². The molecular formula is C17H19N3O2. The molecule has 1 heterocycles. The lowest BCUT2D eigenvalue weighted by Gasteiger charge is -2.10. The molecule has 114 valence electrons. The maximum Gasteiger partial charge on any atom is 0.228 e. The molecule has 3 rings (SSSR count). The molecule has 1 aliphatic carbocycles. The molecule has 1 saturated carbocycles. The standard InChI is InChI=1S/C17H19N3O2/c1-20-11-10-18-16(20)15(21)12-6-8-14(9-7-12)19-17(22)13-4-2-3-5-13/h6-11,13H,2-5H2,1H3,(H,19,22). The van der Waals surface area contributed by atoms with Crippen LogP contribution in [0, 0.1) is 5.92 Å². The molecule has 2 aromatic rings. The zero-order valence-electron chi connectivity index (χ0n) is 12.6. The highest BCUT2D eigenvalue weighted by Gasteiger charge is 2.22. The molecule has 5 heteroatoms. The summed E-state index contributed by atoms with van der Waals surface area (Å²) in [5.74, 6) is 0.499. The van der Waals surface area contributed by atoms with Gasteiger partial charge in [0.25, 0.3) is 0 Å². The third-order valence-corrected chi connectivity index (χ3v) is 4.16. The topological polar surface area (TPSA) is 64.0 Å². The predicted octanol–water partition coefficient (Wildman–Crippen LogP) is 2.78. The molecular weight excluding hydrogens is 278 g/mol. The Bertz CT molecular complexity index is 682. The van der Waals surface area contributed by atoms with E-state index in [4.69, 9.17) is 0 Å². The number of carbonyl (C=O) groups excluding carboxylic acids is 2. The van der Waals surface area contributed by atoms with Gasteiger partial charge in [0, 0.05) is 36.6 Å². The van der Waals surface area contributed by atoms with Crippen molar-refractivity contribution in [3.8, 4) is 0 Å². The van der Waals surface area contributed by atoms with Crippen LogP contribution >= 0.6 is 0 Å². The van der Waals surface area contributed by atoms with Gasteiger partial charge in [-0.2, -0.15) is 0 Å². The molecule has 5 nitrogen and oxygen atoms in total. The molecule has 0 unspecified atom stereocenters. The molecule has 1 N–H and O–H groups in total. The summed E-state index contributed by atoms with van der Waals surface area (Å²) in [6, 6.07) is 6.98. The van der Waals surface area contributed by atoms with Gasteiger partial charge in [-0.05, 0) is 37.1 Å². The normalized spacial score (nSPS) is 15.0. The van der Waals surface area contributed by atoms with Crippen LogP contribution in [0.2, 0.25) is 0 Å². The van der Waals surface area contributed by atoms with Crippen LogP contribution in [0.4, 0.5) is 5.69 Å². The molecule has 0 atom stereocenters. The fraction of sp³-hybridized carbons (Fsp3) is 0.353. The fourth-order valence-electron chi connectivity index (χ4n) is 2.85. The largest absolute Gasteiger partial charge is 0.331 e. The molecule has 1 fully saturated rings. The summed E-state index contributed by atoms with van der Waals surface area (Å²) in [5.41, 5.74) is 1.29. The minimum atomic E-state index is -0.124. The minimum absolute atomic E-state index is 0.0840. The van der Waals surface area contributed by atoms with E-state index in [0.717, 1.165) is 31.4 Å². The van der Waals surface area contributed by atoms with Crippen molar-refractivity contribution in [2.75, 3.05) is 5.32 Å². The first-order chi connectivity index (χ1) is 10.6. The zero-order chi connectivity index (χ0) is 15.5. The Kier molecular flexibility index (Phi) is 4.04. The maximum absolute atomic E-state index is 12.3. The number of hydrogen-bond acceptors (Lipinski definition) is 3. The number of hydrogen-bond donors (Lipinski definition) is 1. The van der Waals surface area contributed by atoms with Gasteiger partial charge in [0.05, 0.1) is 0 Å². The van der Waals surface area contributed by atoms with E-state index in [1.165, 1.54) is 0 Å². The summed E-state index contributed by atoms with van der Waals surface area (Å²) in [5, 5.41) is 2.93. The number of aromatic nitrogens is 2. The number of anilines is 1. The van der Waals surface area contributed by atoms with E-state index in [1.54, 1.807) is 48.3 Å². The number of nitrogens with zero attached hydrogens (tertiary/aromatic N) is 2. The van der Waals surface area contributed by atoms with Crippen LogP contribution < -0.4 is 5.32 Å². The van der Waals surface area contributed by atoms with E-state index in [9.17, 15) is 9.59 Å².